The molecule has 0 aliphatic heterocycles. The second-order valence-corrected chi connectivity index (χ2v) is 3.17. The predicted molar refractivity (Wildman–Crippen MR) is 58.1 cm³/mol. The molecule has 0 spiro atoms. The van der Waals surface area contributed by atoms with E-state index >= 15 is 0 Å². The smallest absolute Gasteiger partial charge is 0.123 e. The van der Waals surface area contributed by atoms with Crippen LogP contribution in [-0.4, -0.2) is 12.8 Å². The monoisotopic (exact) mass is 210 g/mol. The highest BCUT2D eigenvalue weighted by Gasteiger charge is 2.02. The second kappa shape index (κ2) is 6.14. The maximum absolute atomic E-state index is 13.0. The van der Waals surface area contributed by atoms with Crippen LogP contribution in [0.5, 0.6) is 0 Å². The van der Waals surface area contributed by atoms with Gasteiger partial charge in [0, 0.05) is 12.2 Å². The third kappa shape index (κ3) is 3.67. The molecule has 0 amide bonds. The van der Waals surface area contributed by atoms with E-state index in [1.807, 2.05) is 6.92 Å². The highest BCUT2D eigenvalue weighted by atomic mass is 19.1. The van der Waals surface area contributed by atoms with Crippen molar-refractivity contribution in [3.8, 4) is 0 Å². The Hall–Kier alpha value is -1.42. The number of nitrogens with zero attached hydrogens (tertiary/aromatic N) is 1. The first-order valence-electron chi connectivity index (χ1n) is 4.87. The highest BCUT2D eigenvalue weighted by molar-refractivity contribution is 5.81. The first-order chi connectivity index (χ1) is 7.27. The Morgan fingerprint density at radius 2 is 2.33 bits per heavy atom. The van der Waals surface area contributed by atoms with Crippen LogP contribution in [0.3, 0.4) is 0 Å². The lowest BCUT2D eigenvalue weighted by molar-refractivity contribution is 0.121. The van der Waals surface area contributed by atoms with Crippen LogP contribution in [0.4, 0.5) is 4.39 Å². The van der Waals surface area contributed by atoms with Gasteiger partial charge in [-0.2, -0.15) is 5.10 Å². The zero-order chi connectivity index (χ0) is 11.1. The van der Waals surface area contributed by atoms with Crippen molar-refractivity contribution in [2.45, 2.75) is 20.0 Å². The molecule has 0 atom stereocenters. The van der Waals surface area contributed by atoms with Gasteiger partial charge in [0.25, 0.3) is 0 Å². The van der Waals surface area contributed by atoms with Gasteiger partial charge in [-0.3, -0.25) is 0 Å². The Balaban J connectivity index is 2.77. The molecule has 0 fully saturated rings. The molecule has 2 N–H and O–H groups in total. The Morgan fingerprint density at radius 1 is 1.53 bits per heavy atom. The van der Waals surface area contributed by atoms with Gasteiger partial charge in [0.05, 0.1) is 12.8 Å². The van der Waals surface area contributed by atoms with Crippen molar-refractivity contribution in [2.75, 3.05) is 6.61 Å². The number of hydrogen-bond donors (Lipinski definition) is 1. The summed E-state index contributed by atoms with van der Waals surface area (Å²) < 4.78 is 18.3. The van der Waals surface area contributed by atoms with Crippen LogP contribution in [0.25, 0.3) is 0 Å². The largest absolute Gasteiger partial charge is 0.377 e. The highest BCUT2D eigenvalue weighted by Crippen LogP contribution is 2.11. The third-order valence-corrected chi connectivity index (χ3v) is 1.92. The van der Waals surface area contributed by atoms with E-state index in [1.54, 1.807) is 6.07 Å². The summed E-state index contributed by atoms with van der Waals surface area (Å²) in [7, 11) is 0. The van der Waals surface area contributed by atoms with Crippen LogP contribution >= 0.6 is 0 Å². The summed E-state index contributed by atoms with van der Waals surface area (Å²) in [4.78, 5) is 0. The molecule has 1 aromatic carbocycles. The molecule has 0 bridgehead atoms. The van der Waals surface area contributed by atoms with Gasteiger partial charge in [0.1, 0.15) is 5.82 Å². The van der Waals surface area contributed by atoms with Crippen LogP contribution < -0.4 is 5.84 Å². The molecule has 0 aliphatic carbocycles. The summed E-state index contributed by atoms with van der Waals surface area (Å²) in [6.07, 6.45) is 2.43. The molecule has 15 heavy (non-hydrogen) atoms. The van der Waals surface area contributed by atoms with E-state index in [1.165, 1.54) is 18.3 Å². The molecule has 82 valence electrons. The Morgan fingerprint density at radius 3 is 3.00 bits per heavy atom. The summed E-state index contributed by atoms with van der Waals surface area (Å²) >= 11 is 0. The van der Waals surface area contributed by atoms with Crippen molar-refractivity contribution in [1.29, 1.82) is 0 Å². The summed E-state index contributed by atoms with van der Waals surface area (Å²) in [5.41, 5.74) is 1.55. The molecule has 0 radical (unpaired) electrons. The van der Waals surface area contributed by atoms with Crippen molar-refractivity contribution in [1.82, 2.24) is 0 Å². The van der Waals surface area contributed by atoms with Crippen molar-refractivity contribution in [3.63, 3.8) is 0 Å². The Labute approximate surface area is 88.7 Å². The molecule has 4 heteroatoms. The summed E-state index contributed by atoms with van der Waals surface area (Å²) in [5, 5.41) is 3.42. The zero-order valence-electron chi connectivity index (χ0n) is 8.74. The number of hydrogen-bond acceptors (Lipinski definition) is 3. The van der Waals surface area contributed by atoms with Gasteiger partial charge in [0.2, 0.25) is 0 Å². The van der Waals surface area contributed by atoms with Gasteiger partial charge in [0.15, 0.2) is 0 Å². The van der Waals surface area contributed by atoms with Crippen molar-refractivity contribution in [2.24, 2.45) is 10.9 Å². The standard InChI is InChI=1S/C11H15FN2O/c1-2-5-15-8-10-6-11(12)4-3-9(10)7-14-13/h3-4,6-7H,2,5,8,13H2,1H3. The number of halogens is 1. The fourth-order valence-corrected chi connectivity index (χ4v) is 1.23. The van der Waals surface area contributed by atoms with Gasteiger partial charge in [-0.05, 0) is 24.1 Å². The quantitative estimate of drug-likeness (QED) is 0.350. The van der Waals surface area contributed by atoms with Gasteiger partial charge < -0.3 is 10.6 Å². The lowest BCUT2D eigenvalue weighted by Gasteiger charge is -2.06. The number of ether oxygens (including phenoxy) is 1. The fraction of sp³-hybridized carbons (Fsp3) is 0.364. The molecule has 0 saturated carbocycles. The molecular weight excluding hydrogens is 195 g/mol. The molecule has 1 rings (SSSR count). The molecule has 0 saturated heterocycles. The minimum atomic E-state index is -0.278. The summed E-state index contributed by atoms with van der Waals surface area (Å²) in [6, 6.07) is 4.45. The fourth-order valence-electron chi connectivity index (χ4n) is 1.23. The average Bonchev–Trinajstić information content (AvgIpc) is 2.22. The number of benzene rings is 1. The first-order valence-corrected chi connectivity index (χ1v) is 4.87. The Kier molecular flexibility index (Phi) is 4.77. The van der Waals surface area contributed by atoms with Gasteiger partial charge in [-0.15, -0.1) is 0 Å². The topological polar surface area (TPSA) is 47.6 Å². The Bertz CT molecular complexity index is 339. The minimum absolute atomic E-state index is 0.278. The molecule has 0 aliphatic rings. The lowest BCUT2D eigenvalue weighted by atomic mass is 10.1. The van der Waals surface area contributed by atoms with Crippen molar-refractivity contribution < 1.29 is 9.13 Å². The van der Waals surface area contributed by atoms with Crippen LogP contribution in [0, 0.1) is 5.82 Å². The molecule has 0 aromatic heterocycles. The maximum atomic E-state index is 13.0. The van der Waals surface area contributed by atoms with E-state index in [9.17, 15) is 4.39 Å². The van der Waals surface area contributed by atoms with Gasteiger partial charge in [-0.1, -0.05) is 13.0 Å². The van der Waals surface area contributed by atoms with Crippen LogP contribution in [0.15, 0.2) is 23.3 Å². The third-order valence-electron chi connectivity index (χ3n) is 1.92. The van der Waals surface area contributed by atoms with E-state index in [0.29, 0.717) is 13.2 Å². The van der Waals surface area contributed by atoms with Crippen molar-refractivity contribution in [3.05, 3.63) is 35.1 Å². The maximum Gasteiger partial charge on any atom is 0.123 e. The SMILES string of the molecule is CCCOCc1cc(F)ccc1C=NN. The minimum Gasteiger partial charge on any atom is -0.377 e. The van der Waals surface area contributed by atoms with E-state index in [-0.39, 0.29) is 5.82 Å². The lowest BCUT2D eigenvalue weighted by Crippen LogP contribution is -2.00. The van der Waals surface area contributed by atoms with Gasteiger partial charge >= 0.3 is 0 Å². The zero-order valence-corrected chi connectivity index (χ0v) is 8.74. The van der Waals surface area contributed by atoms with Crippen molar-refractivity contribution >= 4 is 6.21 Å². The second-order valence-electron chi connectivity index (χ2n) is 3.17. The van der Waals surface area contributed by atoms with Crippen LogP contribution in [0.1, 0.15) is 24.5 Å². The van der Waals surface area contributed by atoms with E-state index < -0.39 is 0 Å². The van der Waals surface area contributed by atoms with Gasteiger partial charge in [-0.25, -0.2) is 4.39 Å². The van der Waals surface area contributed by atoms with E-state index in [0.717, 1.165) is 17.5 Å². The molecular formula is C11H15FN2O. The number of hydrazone groups is 1. The number of nitrogens with two attached hydrogens (primary N) is 1. The average molecular weight is 210 g/mol. The molecule has 0 heterocycles. The molecule has 1 aromatic rings. The van der Waals surface area contributed by atoms with Crippen LogP contribution in [0.2, 0.25) is 0 Å². The van der Waals surface area contributed by atoms with E-state index in [4.69, 9.17) is 10.6 Å². The normalized spacial score (nSPS) is 11.1. The van der Waals surface area contributed by atoms with E-state index in [2.05, 4.69) is 5.10 Å². The predicted octanol–water partition coefficient (Wildman–Crippen LogP) is 2.04. The summed E-state index contributed by atoms with van der Waals surface area (Å²) in [6.45, 7) is 3.07. The molecule has 0 unspecified atom stereocenters. The molecule has 3 nitrogen and oxygen atoms in total. The first kappa shape index (κ1) is 11.7. The summed E-state index contributed by atoms with van der Waals surface area (Å²) in [5.74, 6) is 4.78. The number of rotatable bonds is 5. The van der Waals surface area contributed by atoms with Crippen LogP contribution in [-0.2, 0) is 11.3 Å².